The van der Waals surface area contributed by atoms with Gasteiger partial charge in [-0.1, -0.05) is 12.1 Å². The summed E-state index contributed by atoms with van der Waals surface area (Å²) in [4.78, 5) is 13.6. The Morgan fingerprint density at radius 1 is 1.41 bits per heavy atom. The normalized spacial score (nSPS) is 10.9. The second-order valence-electron chi connectivity index (χ2n) is 4.19. The molecule has 0 N–H and O–H groups in total. The zero-order chi connectivity index (χ0) is 12.8. The predicted octanol–water partition coefficient (Wildman–Crippen LogP) is 2.32. The van der Waals surface area contributed by atoms with Gasteiger partial charge in [-0.25, -0.2) is 9.18 Å². The lowest BCUT2D eigenvalue weighted by Gasteiger charge is -2.20. The Morgan fingerprint density at radius 3 is 2.65 bits per heavy atom. The van der Waals surface area contributed by atoms with Crippen LogP contribution in [-0.4, -0.2) is 37.1 Å². The third-order valence-corrected chi connectivity index (χ3v) is 2.65. The number of benzene rings is 1. The van der Waals surface area contributed by atoms with Gasteiger partial charge in [-0.3, -0.25) is 0 Å². The molecular weight excluding hydrogens is 221 g/mol. The maximum absolute atomic E-state index is 13.2. The van der Waals surface area contributed by atoms with Crippen molar-refractivity contribution in [2.75, 3.05) is 20.2 Å². The van der Waals surface area contributed by atoms with Crippen LogP contribution in [0.25, 0.3) is 0 Å². The Kier molecular flexibility index (Phi) is 5.10. The minimum atomic E-state index is -0.611. The quantitative estimate of drug-likeness (QED) is 0.738. The monoisotopic (exact) mass is 239 g/mol. The Morgan fingerprint density at radius 2 is 2.06 bits per heavy atom. The first-order chi connectivity index (χ1) is 8.02. The zero-order valence-corrected chi connectivity index (χ0v) is 10.4. The van der Waals surface area contributed by atoms with Crippen molar-refractivity contribution in [2.45, 2.75) is 19.9 Å². The molecule has 0 heterocycles. The van der Waals surface area contributed by atoms with Crippen molar-refractivity contribution in [3.8, 4) is 0 Å². The molecule has 1 aromatic carbocycles. The van der Waals surface area contributed by atoms with Gasteiger partial charge in [0.15, 0.2) is 0 Å². The first kappa shape index (κ1) is 13.6. The van der Waals surface area contributed by atoms with E-state index in [1.165, 1.54) is 12.1 Å². The lowest BCUT2D eigenvalue weighted by atomic mass is 10.2. The Labute approximate surface area is 101 Å². The number of hydrogen-bond acceptors (Lipinski definition) is 3. The summed E-state index contributed by atoms with van der Waals surface area (Å²) in [5.41, 5.74) is -0.0142. The van der Waals surface area contributed by atoms with Crippen LogP contribution in [0.2, 0.25) is 0 Å². The van der Waals surface area contributed by atoms with E-state index in [1.807, 2.05) is 7.05 Å². The van der Waals surface area contributed by atoms with E-state index in [-0.39, 0.29) is 12.2 Å². The largest absolute Gasteiger partial charge is 0.461 e. The number of likely N-dealkylation sites (N-methyl/N-ethyl adjacent to an activating group) is 1. The molecular formula is C13H18FNO2. The van der Waals surface area contributed by atoms with Gasteiger partial charge < -0.3 is 9.64 Å². The first-order valence-electron chi connectivity index (χ1n) is 5.64. The molecule has 0 aliphatic heterocycles. The third kappa shape index (κ3) is 4.15. The van der Waals surface area contributed by atoms with Crippen LogP contribution >= 0.6 is 0 Å². The van der Waals surface area contributed by atoms with Crippen LogP contribution < -0.4 is 0 Å². The van der Waals surface area contributed by atoms with Crippen LogP contribution in [0.1, 0.15) is 24.2 Å². The van der Waals surface area contributed by atoms with Gasteiger partial charge in [0.2, 0.25) is 0 Å². The molecule has 0 aromatic heterocycles. The average Bonchev–Trinajstić information content (AvgIpc) is 2.29. The highest BCUT2D eigenvalue weighted by molar-refractivity contribution is 5.89. The van der Waals surface area contributed by atoms with E-state index in [1.54, 1.807) is 12.1 Å². The van der Waals surface area contributed by atoms with Crippen molar-refractivity contribution >= 4 is 5.97 Å². The minimum absolute atomic E-state index is 0.0142. The number of carbonyl (C=O) groups is 1. The van der Waals surface area contributed by atoms with Gasteiger partial charge in [-0.15, -0.1) is 0 Å². The average molecular weight is 239 g/mol. The molecule has 0 radical (unpaired) electrons. The van der Waals surface area contributed by atoms with Gasteiger partial charge in [-0.05, 0) is 33.0 Å². The summed E-state index contributed by atoms with van der Waals surface area (Å²) in [5, 5.41) is 0. The molecule has 3 nitrogen and oxygen atoms in total. The second kappa shape index (κ2) is 6.35. The Hall–Kier alpha value is -1.42. The molecule has 94 valence electrons. The van der Waals surface area contributed by atoms with Crippen LogP contribution in [0.15, 0.2) is 24.3 Å². The number of ether oxygens (including phenoxy) is 1. The summed E-state index contributed by atoms with van der Waals surface area (Å²) in [5.74, 6) is -1.16. The maximum Gasteiger partial charge on any atom is 0.341 e. The number of hydrogen-bond donors (Lipinski definition) is 0. The van der Waals surface area contributed by atoms with E-state index >= 15 is 0 Å². The van der Waals surface area contributed by atoms with Gasteiger partial charge in [0.25, 0.3) is 0 Å². The number of halogens is 1. The maximum atomic E-state index is 13.2. The van der Waals surface area contributed by atoms with Crippen LogP contribution in [0.5, 0.6) is 0 Å². The molecule has 0 unspecified atom stereocenters. The van der Waals surface area contributed by atoms with Gasteiger partial charge in [-0.2, -0.15) is 0 Å². The number of esters is 1. The molecule has 0 amide bonds. The minimum Gasteiger partial charge on any atom is -0.461 e. The van der Waals surface area contributed by atoms with Crippen molar-refractivity contribution in [1.29, 1.82) is 0 Å². The van der Waals surface area contributed by atoms with Gasteiger partial charge in [0.05, 0.1) is 5.56 Å². The Bertz CT molecular complexity index is 379. The molecule has 0 bridgehead atoms. The fraction of sp³-hybridized carbons (Fsp3) is 0.462. The molecule has 0 fully saturated rings. The summed E-state index contributed by atoms with van der Waals surface area (Å²) >= 11 is 0. The van der Waals surface area contributed by atoms with E-state index in [0.29, 0.717) is 12.6 Å². The van der Waals surface area contributed by atoms with Crippen LogP contribution in [-0.2, 0) is 4.74 Å². The third-order valence-electron chi connectivity index (χ3n) is 2.65. The standard InChI is InChI=1S/C13H18FNO2/c1-10(2)15(3)8-9-17-13(16)11-6-4-5-7-12(11)14/h4-7,10H,8-9H2,1-3H3. The molecule has 0 aliphatic carbocycles. The lowest BCUT2D eigenvalue weighted by Crippen LogP contribution is -2.30. The summed E-state index contributed by atoms with van der Waals surface area (Å²) in [6.45, 7) is 5.01. The van der Waals surface area contributed by atoms with Crippen molar-refractivity contribution in [3.05, 3.63) is 35.6 Å². The van der Waals surface area contributed by atoms with E-state index in [4.69, 9.17) is 4.74 Å². The summed E-state index contributed by atoms with van der Waals surface area (Å²) < 4.78 is 18.3. The fourth-order valence-corrected chi connectivity index (χ4v) is 1.25. The van der Waals surface area contributed by atoms with Crippen molar-refractivity contribution in [2.24, 2.45) is 0 Å². The second-order valence-corrected chi connectivity index (χ2v) is 4.19. The summed E-state index contributed by atoms with van der Waals surface area (Å²) in [6.07, 6.45) is 0. The van der Waals surface area contributed by atoms with Crippen molar-refractivity contribution in [1.82, 2.24) is 4.90 Å². The van der Waals surface area contributed by atoms with Crippen LogP contribution in [0, 0.1) is 5.82 Å². The van der Waals surface area contributed by atoms with E-state index in [2.05, 4.69) is 18.7 Å². The fourth-order valence-electron chi connectivity index (χ4n) is 1.25. The van der Waals surface area contributed by atoms with Gasteiger partial charge in [0.1, 0.15) is 12.4 Å². The molecule has 0 aliphatic rings. The summed E-state index contributed by atoms with van der Waals surface area (Å²) in [6, 6.07) is 6.21. The molecule has 17 heavy (non-hydrogen) atoms. The SMILES string of the molecule is CC(C)N(C)CCOC(=O)c1ccccc1F. The highest BCUT2D eigenvalue weighted by atomic mass is 19.1. The van der Waals surface area contributed by atoms with E-state index in [0.717, 1.165) is 0 Å². The van der Waals surface area contributed by atoms with Crippen molar-refractivity contribution < 1.29 is 13.9 Å². The van der Waals surface area contributed by atoms with Gasteiger partial charge >= 0.3 is 5.97 Å². The number of carbonyl (C=O) groups excluding carboxylic acids is 1. The molecule has 4 heteroatoms. The number of nitrogens with zero attached hydrogens (tertiary/aromatic N) is 1. The van der Waals surface area contributed by atoms with Crippen LogP contribution in [0.3, 0.4) is 0 Å². The predicted molar refractivity (Wildman–Crippen MR) is 64.4 cm³/mol. The van der Waals surface area contributed by atoms with Crippen LogP contribution in [0.4, 0.5) is 4.39 Å². The van der Waals surface area contributed by atoms with Gasteiger partial charge in [0, 0.05) is 12.6 Å². The highest BCUT2D eigenvalue weighted by Gasteiger charge is 2.12. The molecule has 0 atom stereocenters. The topological polar surface area (TPSA) is 29.5 Å². The molecule has 1 aromatic rings. The lowest BCUT2D eigenvalue weighted by molar-refractivity contribution is 0.0456. The van der Waals surface area contributed by atoms with E-state index < -0.39 is 11.8 Å². The van der Waals surface area contributed by atoms with Crippen molar-refractivity contribution in [3.63, 3.8) is 0 Å². The smallest absolute Gasteiger partial charge is 0.341 e. The molecule has 0 saturated carbocycles. The Balaban J connectivity index is 2.43. The molecule has 1 rings (SSSR count). The first-order valence-corrected chi connectivity index (χ1v) is 5.64. The summed E-state index contributed by atoms with van der Waals surface area (Å²) in [7, 11) is 1.95. The molecule has 0 saturated heterocycles. The zero-order valence-electron chi connectivity index (χ0n) is 10.4. The van der Waals surface area contributed by atoms with E-state index in [9.17, 15) is 9.18 Å². The highest BCUT2D eigenvalue weighted by Crippen LogP contribution is 2.07. The molecule has 0 spiro atoms. The number of rotatable bonds is 5.